The third-order valence-electron chi connectivity index (χ3n) is 5.77. The molecule has 0 bridgehead atoms. The largest absolute Gasteiger partial charge is 0.485 e. The van der Waals surface area contributed by atoms with Gasteiger partial charge in [-0.3, -0.25) is 9.59 Å². The van der Waals surface area contributed by atoms with Crippen LogP contribution in [0.2, 0.25) is 0 Å². The number of amides is 2. The second-order valence-electron chi connectivity index (χ2n) is 8.07. The van der Waals surface area contributed by atoms with E-state index in [1.807, 2.05) is 49.4 Å². The molecule has 3 aromatic rings. The lowest BCUT2D eigenvalue weighted by Crippen LogP contribution is -2.55. The van der Waals surface area contributed by atoms with Gasteiger partial charge in [-0.15, -0.1) is 5.10 Å². The number of ether oxygens (including phenoxy) is 2. The fraction of sp³-hybridized carbons (Fsp3) is 0.348. The minimum atomic E-state index is -0.673. The zero-order valence-electron chi connectivity index (χ0n) is 18.7. The quantitative estimate of drug-likeness (QED) is 0.507. The van der Waals surface area contributed by atoms with Crippen molar-refractivity contribution in [3.63, 3.8) is 0 Å². The first-order valence-electron chi connectivity index (χ1n) is 11.0. The molecule has 0 spiro atoms. The van der Waals surface area contributed by atoms with Gasteiger partial charge in [0.15, 0.2) is 11.5 Å². The Morgan fingerprint density at radius 1 is 1.00 bits per heavy atom. The Kier molecular flexibility index (Phi) is 6.35. The van der Waals surface area contributed by atoms with Crippen LogP contribution < -0.4 is 9.47 Å². The topological polar surface area (TPSA) is 103 Å². The molecule has 2 amide bonds. The highest BCUT2D eigenvalue weighted by molar-refractivity contribution is 7.99. The molecule has 0 saturated carbocycles. The summed E-state index contributed by atoms with van der Waals surface area (Å²) in [5.41, 5.74) is 1.99. The van der Waals surface area contributed by atoms with Crippen LogP contribution in [0, 0.1) is 6.92 Å². The number of carbonyl (C=O) groups is 2. The number of tetrazole rings is 1. The van der Waals surface area contributed by atoms with Crippen molar-refractivity contribution >= 4 is 23.6 Å². The van der Waals surface area contributed by atoms with Crippen LogP contribution in [0.4, 0.5) is 0 Å². The van der Waals surface area contributed by atoms with E-state index in [2.05, 4.69) is 15.5 Å². The van der Waals surface area contributed by atoms with Crippen LogP contribution >= 0.6 is 11.8 Å². The SMILES string of the molecule is Cc1ccc(-n2nnnc2SCC(=O)N2CCN(C(=O)[C@H]3COc4ccccc4O3)CC2)cc1. The summed E-state index contributed by atoms with van der Waals surface area (Å²) in [5, 5.41) is 12.4. The van der Waals surface area contributed by atoms with E-state index >= 15 is 0 Å². The van der Waals surface area contributed by atoms with Gasteiger partial charge in [-0.2, -0.15) is 4.68 Å². The third-order valence-corrected chi connectivity index (χ3v) is 6.68. The van der Waals surface area contributed by atoms with Gasteiger partial charge in [0, 0.05) is 26.2 Å². The van der Waals surface area contributed by atoms with Crippen LogP contribution in [-0.4, -0.2) is 86.5 Å². The Labute approximate surface area is 200 Å². The number of aryl methyl sites for hydroxylation is 1. The second kappa shape index (κ2) is 9.72. The maximum absolute atomic E-state index is 12.9. The number of hydrogen-bond donors (Lipinski definition) is 0. The number of piperazine rings is 1. The first-order valence-corrected chi connectivity index (χ1v) is 12.0. The van der Waals surface area contributed by atoms with Gasteiger partial charge in [0.25, 0.3) is 5.91 Å². The summed E-state index contributed by atoms with van der Waals surface area (Å²) >= 11 is 1.30. The summed E-state index contributed by atoms with van der Waals surface area (Å²) in [6.45, 7) is 4.05. The van der Waals surface area contributed by atoms with Gasteiger partial charge < -0.3 is 19.3 Å². The monoisotopic (exact) mass is 480 g/mol. The summed E-state index contributed by atoms with van der Waals surface area (Å²) < 4.78 is 13.1. The second-order valence-corrected chi connectivity index (χ2v) is 9.01. The van der Waals surface area contributed by atoms with Crippen molar-refractivity contribution in [2.24, 2.45) is 0 Å². The molecule has 5 rings (SSSR count). The minimum Gasteiger partial charge on any atom is -0.485 e. The van der Waals surface area contributed by atoms with E-state index in [0.717, 1.165) is 11.3 Å². The van der Waals surface area contributed by atoms with E-state index in [4.69, 9.17) is 9.47 Å². The van der Waals surface area contributed by atoms with Crippen molar-refractivity contribution in [2.45, 2.75) is 18.2 Å². The molecular formula is C23H24N6O4S. The normalized spacial score (nSPS) is 17.5. The summed E-state index contributed by atoms with van der Waals surface area (Å²) in [5.74, 6) is 1.31. The van der Waals surface area contributed by atoms with Crippen LogP contribution in [0.1, 0.15) is 5.56 Å². The number of nitrogens with zero attached hydrogens (tertiary/aromatic N) is 6. The molecule has 11 heteroatoms. The molecule has 1 saturated heterocycles. The number of aromatic nitrogens is 4. The van der Waals surface area contributed by atoms with E-state index in [1.54, 1.807) is 20.5 Å². The van der Waals surface area contributed by atoms with Crippen LogP contribution in [-0.2, 0) is 9.59 Å². The highest BCUT2D eigenvalue weighted by Gasteiger charge is 2.33. The van der Waals surface area contributed by atoms with Gasteiger partial charge in [0.05, 0.1) is 11.4 Å². The molecule has 1 atom stereocenters. The maximum Gasteiger partial charge on any atom is 0.267 e. The lowest BCUT2D eigenvalue weighted by molar-refractivity contribution is -0.145. The molecule has 2 aliphatic heterocycles. The molecule has 34 heavy (non-hydrogen) atoms. The highest BCUT2D eigenvalue weighted by atomic mass is 32.2. The van der Waals surface area contributed by atoms with Gasteiger partial charge >= 0.3 is 0 Å². The molecule has 0 aliphatic carbocycles. The molecule has 0 radical (unpaired) electrons. The fourth-order valence-corrected chi connectivity index (χ4v) is 4.65. The Hall–Kier alpha value is -3.60. The molecule has 0 unspecified atom stereocenters. The van der Waals surface area contributed by atoms with Crippen molar-refractivity contribution in [1.82, 2.24) is 30.0 Å². The van der Waals surface area contributed by atoms with Gasteiger partial charge in [-0.05, 0) is 41.6 Å². The Bertz CT molecular complexity index is 1180. The lowest BCUT2D eigenvalue weighted by atomic mass is 10.2. The number of fused-ring (bicyclic) bond motifs is 1. The number of hydrogen-bond acceptors (Lipinski definition) is 8. The number of para-hydroxylation sites is 2. The fourth-order valence-electron chi connectivity index (χ4n) is 3.86. The van der Waals surface area contributed by atoms with Crippen molar-refractivity contribution in [3.8, 4) is 17.2 Å². The van der Waals surface area contributed by atoms with E-state index < -0.39 is 6.10 Å². The molecule has 2 aromatic carbocycles. The molecular weight excluding hydrogens is 456 g/mol. The summed E-state index contributed by atoms with van der Waals surface area (Å²) in [6, 6.07) is 15.2. The Morgan fingerprint density at radius 3 is 2.47 bits per heavy atom. The number of rotatable bonds is 5. The molecule has 0 N–H and O–H groups in total. The summed E-state index contributed by atoms with van der Waals surface area (Å²) in [7, 11) is 0. The van der Waals surface area contributed by atoms with Crippen LogP contribution in [0.3, 0.4) is 0 Å². The van der Waals surface area contributed by atoms with Gasteiger partial charge in [-0.25, -0.2) is 0 Å². The highest BCUT2D eigenvalue weighted by Crippen LogP contribution is 2.31. The first-order chi connectivity index (χ1) is 16.6. The molecule has 2 aliphatic rings. The predicted octanol–water partition coefficient (Wildman–Crippen LogP) is 1.57. The zero-order valence-corrected chi connectivity index (χ0v) is 19.5. The lowest BCUT2D eigenvalue weighted by Gasteiger charge is -2.37. The summed E-state index contributed by atoms with van der Waals surface area (Å²) in [4.78, 5) is 29.2. The first kappa shape index (κ1) is 22.2. The number of benzene rings is 2. The molecule has 176 valence electrons. The van der Waals surface area contributed by atoms with E-state index in [9.17, 15) is 9.59 Å². The number of carbonyl (C=O) groups excluding carboxylic acids is 2. The Morgan fingerprint density at radius 2 is 1.71 bits per heavy atom. The van der Waals surface area contributed by atoms with E-state index in [1.165, 1.54) is 11.8 Å². The molecule has 3 heterocycles. The Balaban J connectivity index is 1.12. The van der Waals surface area contributed by atoms with Crippen molar-refractivity contribution < 1.29 is 19.1 Å². The van der Waals surface area contributed by atoms with Crippen molar-refractivity contribution in [3.05, 3.63) is 54.1 Å². The maximum atomic E-state index is 12.9. The van der Waals surface area contributed by atoms with Gasteiger partial charge in [-0.1, -0.05) is 41.6 Å². The average molecular weight is 481 g/mol. The van der Waals surface area contributed by atoms with Gasteiger partial charge in [0.1, 0.15) is 6.61 Å². The number of thioether (sulfide) groups is 1. The van der Waals surface area contributed by atoms with Crippen LogP contribution in [0.5, 0.6) is 11.5 Å². The minimum absolute atomic E-state index is 0.0123. The molecule has 1 fully saturated rings. The average Bonchev–Trinajstić information content (AvgIpc) is 3.36. The van der Waals surface area contributed by atoms with E-state index in [-0.39, 0.29) is 24.2 Å². The van der Waals surface area contributed by atoms with Crippen LogP contribution in [0.25, 0.3) is 5.69 Å². The van der Waals surface area contributed by atoms with Crippen molar-refractivity contribution in [2.75, 3.05) is 38.5 Å². The van der Waals surface area contributed by atoms with Gasteiger partial charge in [0.2, 0.25) is 17.2 Å². The van der Waals surface area contributed by atoms with E-state index in [0.29, 0.717) is 42.8 Å². The standard InChI is InChI=1S/C23H24N6O4S/c1-16-6-8-17(9-7-16)29-23(24-25-26-29)34-15-21(30)27-10-12-28(13-11-27)22(31)20-14-32-18-4-2-3-5-19(18)33-20/h2-9,20H,10-15H2,1H3/t20-/m1/s1. The predicted molar refractivity (Wildman–Crippen MR) is 124 cm³/mol. The van der Waals surface area contributed by atoms with Crippen molar-refractivity contribution in [1.29, 1.82) is 0 Å². The third kappa shape index (κ3) is 4.69. The molecule has 1 aromatic heterocycles. The smallest absolute Gasteiger partial charge is 0.267 e. The summed E-state index contributed by atoms with van der Waals surface area (Å²) in [6.07, 6.45) is -0.673. The molecule has 10 nitrogen and oxygen atoms in total. The zero-order chi connectivity index (χ0) is 23.5. The van der Waals surface area contributed by atoms with Crippen LogP contribution in [0.15, 0.2) is 53.7 Å².